The van der Waals surface area contributed by atoms with Crippen LogP contribution in [0.3, 0.4) is 0 Å². The first-order chi connectivity index (χ1) is 14.5. The van der Waals surface area contributed by atoms with Crippen molar-refractivity contribution in [2.24, 2.45) is 11.1 Å². The molecule has 158 valence electrons. The van der Waals surface area contributed by atoms with Crippen LogP contribution in [0.4, 0.5) is 0 Å². The smallest absolute Gasteiger partial charge is 0.333 e. The van der Waals surface area contributed by atoms with Gasteiger partial charge in [0.25, 0.3) is 0 Å². The van der Waals surface area contributed by atoms with E-state index in [1.165, 1.54) is 11.1 Å². The Labute approximate surface area is 174 Å². The van der Waals surface area contributed by atoms with Crippen molar-refractivity contribution in [3.63, 3.8) is 0 Å². The van der Waals surface area contributed by atoms with Gasteiger partial charge in [0.15, 0.2) is 5.65 Å². The van der Waals surface area contributed by atoms with Crippen molar-refractivity contribution >= 4 is 21.5 Å². The predicted octanol–water partition coefficient (Wildman–Crippen LogP) is 1.68. The number of ether oxygens (including phenoxy) is 1. The minimum absolute atomic E-state index is 0.0928. The molecule has 3 aromatic rings. The molecular formula is C20H23N5O4S. The minimum Gasteiger partial charge on any atom is -0.352 e. The van der Waals surface area contributed by atoms with Crippen LogP contribution in [0, 0.1) is 5.92 Å². The number of aromatic nitrogens is 4. The summed E-state index contributed by atoms with van der Waals surface area (Å²) in [5.41, 5.74) is 5.31. The van der Waals surface area contributed by atoms with Gasteiger partial charge in [-0.05, 0) is 49.1 Å². The third-order valence-corrected chi connectivity index (χ3v) is 6.33. The SMILES string of the molecule is NS(=O)(=O)OC[C@H]1CC[C@@H](n2cnc3c(CC4Cc5ccccc5C4)ncnc32)O1. The zero-order chi connectivity index (χ0) is 20.7. The number of rotatable bonds is 6. The van der Waals surface area contributed by atoms with E-state index in [1.54, 1.807) is 12.7 Å². The molecule has 1 aliphatic heterocycles. The first-order valence-electron chi connectivity index (χ1n) is 10.0. The van der Waals surface area contributed by atoms with E-state index in [0.29, 0.717) is 18.8 Å². The number of benzene rings is 1. The van der Waals surface area contributed by atoms with Crippen molar-refractivity contribution in [3.8, 4) is 0 Å². The van der Waals surface area contributed by atoms with Gasteiger partial charge in [0, 0.05) is 0 Å². The fraction of sp³-hybridized carbons (Fsp3) is 0.450. The number of nitrogens with two attached hydrogens (primary N) is 1. The Morgan fingerprint density at radius 2 is 1.90 bits per heavy atom. The van der Waals surface area contributed by atoms with Gasteiger partial charge in [-0.15, -0.1) is 0 Å². The number of imidazole rings is 1. The van der Waals surface area contributed by atoms with Crippen LogP contribution in [0.1, 0.15) is 35.9 Å². The number of hydrogen-bond donors (Lipinski definition) is 1. The van der Waals surface area contributed by atoms with Crippen molar-refractivity contribution in [1.29, 1.82) is 0 Å². The van der Waals surface area contributed by atoms with Crippen LogP contribution in [0.2, 0.25) is 0 Å². The van der Waals surface area contributed by atoms with E-state index in [-0.39, 0.29) is 18.9 Å². The molecule has 5 rings (SSSR count). The Morgan fingerprint density at radius 1 is 1.13 bits per heavy atom. The van der Waals surface area contributed by atoms with Gasteiger partial charge in [-0.2, -0.15) is 8.42 Å². The van der Waals surface area contributed by atoms with E-state index in [1.807, 2.05) is 4.57 Å². The van der Waals surface area contributed by atoms with Gasteiger partial charge in [-0.3, -0.25) is 8.75 Å². The highest BCUT2D eigenvalue weighted by molar-refractivity contribution is 7.84. The number of hydrogen-bond acceptors (Lipinski definition) is 7. The van der Waals surface area contributed by atoms with Crippen LogP contribution in [0.15, 0.2) is 36.9 Å². The fourth-order valence-electron chi connectivity index (χ4n) is 4.51. The molecule has 30 heavy (non-hydrogen) atoms. The van der Waals surface area contributed by atoms with Gasteiger partial charge in [-0.25, -0.2) is 20.1 Å². The average Bonchev–Trinajstić information content (AvgIpc) is 3.43. The molecule has 0 unspecified atom stereocenters. The maximum absolute atomic E-state index is 11.0. The van der Waals surface area contributed by atoms with E-state index >= 15 is 0 Å². The summed E-state index contributed by atoms with van der Waals surface area (Å²) in [7, 11) is -3.97. The maximum Gasteiger partial charge on any atom is 0.333 e. The third-order valence-electron chi connectivity index (χ3n) is 5.87. The normalized spacial score (nSPS) is 22.0. The summed E-state index contributed by atoms with van der Waals surface area (Å²) in [5, 5.41) is 4.89. The van der Waals surface area contributed by atoms with Crippen molar-refractivity contribution in [2.45, 2.75) is 44.4 Å². The molecule has 0 radical (unpaired) electrons. The fourth-order valence-corrected chi connectivity index (χ4v) is 4.85. The molecule has 3 heterocycles. The molecule has 0 saturated carbocycles. The maximum atomic E-state index is 11.0. The molecule has 10 heteroatoms. The Kier molecular flexibility index (Phi) is 5.02. The Morgan fingerprint density at radius 3 is 2.63 bits per heavy atom. The molecule has 9 nitrogen and oxygen atoms in total. The molecule has 1 fully saturated rings. The van der Waals surface area contributed by atoms with Crippen molar-refractivity contribution in [3.05, 3.63) is 53.7 Å². The average molecular weight is 430 g/mol. The van der Waals surface area contributed by atoms with Crippen molar-refractivity contribution in [1.82, 2.24) is 19.5 Å². The van der Waals surface area contributed by atoms with Crippen molar-refractivity contribution < 1.29 is 17.3 Å². The van der Waals surface area contributed by atoms with Crippen molar-refractivity contribution in [2.75, 3.05) is 6.61 Å². The second kappa shape index (κ2) is 7.69. The zero-order valence-corrected chi connectivity index (χ0v) is 17.2. The standard InChI is InChI=1S/C20H23N5O4S/c21-30(26,27)28-10-16-5-6-18(29-16)25-12-24-19-17(22-11-23-20(19)25)9-13-7-14-3-1-2-4-15(14)8-13/h1-4,11-13,16,18H,5-10H2,(H2,21,26,27)/t16-,18+/m1/s1. The quantitative estimate of drug-likeness (QED) is 0.632. The molecule has 1 aromatic carbocycles. The molecule has 0 amide bonds. The lowest BCUT2D eigenvalue weighted by Crippen LogP contribution is -2.23. The Hall–Kier alpha value is -2.40. The molecule has 1 saturated heterocycles. The molecule has 0 bridgehead atoms. The van der Waals surface area contributed by atoms with Gasteiger partial charge < -0.3 is 4.74 Å². The third kappa shape index (κ3) is 3.95. The highest BCUT2D eigenvalue weighted by atomic mass is 32.2. The van der Waals surface area contributed by atoms with E-state index < -0.39 is 10.3 Å². The lowest BCUT2D eigenvalue weighted by Gasteiger charge is -2.15. The molecular weight excluding hydrogens is 406 g/mol. The van der Waals surface area contributed by atoms with Gasteiger partial charge in [0.2, 0.25) is 0 Å². The van der Waals surface area contributed by atoms with Crippen LogP contribution in [-0.4, -0.2) is 40.6 Å². The number of nitrogens with zero attached hydrogens (tertiary/aromatic N) is 4. The van der Waals surface area contributed by atoms with Gasteiger partial charge in [-0.1, -0.05) is 24.3 Å². The molecule has 1 aliphatic carbocycles. The van der Waals surface area contributed by atoms with Crippen LogP contribution in [0.25, 0.3) is 11.2 Å². The van der Waals surface area contributed by atoms with Crippen LogP contribution in [-0.2, 0) is 38.5 Å². The molecule has 2 aliphatic rings. The van der Waals surface area contributed by atoms with Crippen LogP contribution >= 0.6 is 0 Å². The predicted molar refractivity (Wildman–Crippen MR) is 109 cm³/mol. The van der Waals surface area contributed by atoms with E-state index in [2.05, 4.69) is 43.4 Å². The molecule has 2 N–H and O–H groups in total. The van der Waals surface area contributed by atoms with Crippen LogP contribution < -0.4 is 5.14 Å². The summed E-state index contributed by atoms with van der Waals surface area (Å²) >= 11 is 0. The lowest BCUT2D eigenvalue weighted by atomic mass is 9.99. The monoisotopic (exact) mass is 429 g/mol. The first kappa shape index (κ1) is 19.6. The second-order valence-electron chi connectivity index (χ2n) is 7.96. The zero-order valence-electron chi connectivity index (χ0n) is 16.3. The highest BCUT2D eigenvalue weighted by Crippen LogP contribution is 2.33. The summed E-state index contributed by atoms with van der Waals surface area (Å²) in [6, 6.07) is 8.59. The largest absolute Gasteiger partial charge is 0.352 e. The summed E-state index contributed by atoms with van der Waals surface area (Å²) in [6.45, 7) is -0.0928. The van der Waals surface area contributed by atoms with Crippen LogP contribution in [0.5, 0.6) is 0 Å². The first-order valence-corrected chi connectivity index (χ1v) is 11.5. The molecule has 2 atom stereocenters. The summed E-state index contributed by atoms with van der Waals surface area (Å²) in [6.07, 6.45) is 7.01. The van der Waals surface area contributed by atoms with Gasteiger partial charge in [0.1, 0.15) is 18.1 Å². The topological polar surface area (TPSA) is 122 Å². The minimum atomic E-state index is -3.97. The highest BCUT2D eigenvalue weighted by Gasteiger charge is 2.30. The summed E-state index contributed by atoms with van der Waals surface area (Å²) in [4.78, 5) is 13.5. The molecule has 0 spiro atoms. The summed E-state index contributed by atoms with van der Waals surface area (Å²) < 4.78 is 34.5. The Bertz CT molecular complexity index is 1150. The van der Waals surface area contributed by atoms with E-state index in [9.17, 15) is 8.42 Å². The van der Waals surface area contributed by atoms with E-state index in [4.69, 9.17) is 9.88 Å². The Balaban J connectivity index is 1.31. The second-order valence-corrected chi connectivity index (χ2v) is 9.18. The number of fused-ring (bicyclic) bond motifs is 2. The summed E-state index contributed by atoms with van der Waals surface area (Å²) in [5.74, 6) is 0.508. The lowest BCUT2D eigenvalue weighted by molar-refractivity contribution is -0.0149. The van der Waals surface area contributed by atoms with E-state index in [0.717, 1.165) is 36.1 Å². The van der Waals surface area contributed by atoms with Gasteiger partial charge >= 0.3 is 10.3 Å². The van der Waals surface area contributed by atoms with Gasteiger partial charge in [0.05, 0.1) is 24.7 Å². The molecule has 2 aromatic heterocycles.